The molecule has 0 saturated carbocycles. The Kier molecular flexibility index (Phi) is 6.62. The third kappa shape index (κ3) is 4.99. The van der Waals surface area contributed by atoms with Gasteiger partial charge in [0, 0.05) is 23.5 Å². The normalized spacial score (nSPS) is 10.4. The van der Waals surface area contributed by atoms with Gasteiger partial charge < -0.3 is 4.74 Å². The van der Waals surface area contributed by atoms with E-state index >= 15 is 0 Å². The van der Waals surface area contributed by atoms with Crippen LogP contribution in [0.25, 0.3) is 0 Å². The molecule has 3 heteroatoms. The van der Waals surface area contributed by atoms with Crippen LogP contribution < -0.4 is 4.74 Å². The van der Waals surface area contributed by atoms with Gasteiger partial charge in [0.2, 0.25) is 0 Å². The average molecular weight is 297 g/mol. The molecule has 1 heterocycles. The second-order valence-electron chi connectivity index (χ2n) is 5.36. The number of hydrogen-bond donors (Lipinski definition) is 0. The van der Waals surface area contributed by atoms with Crippen molar-refractivity contribution in [1.82, 2.24) is 4.98 Å². The van der Waals surface area contributed by atoms with Crippen molar-refractivity contribution in [2.75, 3.05) is 6.61 Å². The van der Waals surface area contributed by atoms with E-state index in [4.69, 9.17) is 4.74 Å². The first-order valence-electron chi connectivity index (χ1n) is 7.99. The van der Waals surface area contributed by atoms with Gasteiger partial charge in [-0.15, -0.1) is 0 Å². The Labute approximate surface area is 132 Å². The highest BCUT2D eigenvalue weighted by molar-refractivity contribution is 6.08. The summed E-state index contributed by atoms with van der Waals surface area (Å²) >= 11 is 0. The summed E-state index contributed by atoms with van der Waals surface area (Å²) in [5.41, 5.74) is 1.26. The maximum Gasteiger partial charge on any atom is 0.194 e. The fourth-order valence-electron chi connectivity index (χ4n) is 2.26. The summed E-state index contributed by atoms with van der Waals surface area (Å²) in [7, 11) is 0. The van der Waals surface area contributed by atoms with Crippen LogP contribution in [0.15, 0.2) is 48.8 Å². The molecule has 1 aromatic carbocycles. The molecule has 2 aromatic rings. The standard InChI is InChI=1S/C19H23NO2/c1-2-3-4-5-6-14-22-18-11-9-16(10-12-18)19(21)17-8-7-13-20-15-17/h7-13,15H,2-6,14H2,1H3. The number of ketones is 1. The number of unbranched alkanes of at least 4 members (excludes halogenated alkanes) is 4. The van der Waals surface area contributed by atoms with Crippen LogP contribution in [-0.4, -0.2) is 17.4 Å². The molecule has 0 radical (unpaired) electrons. The first-order valence-corrected chi connectivity index (χ1v) is 7.99. The summed E-state index contributed by atoms with van der Waals surface area (Å²) in [6.07, 6.45) is 9.37. The number of carbonyl (C=O) groups is 1. The van der Waals surface area contributed by atoms with Crippen LogP contribution >= 0.6 is 0 Å². The zero-order valence-electron chi connectivity index (χ0n) is 13.1. The van der Waals surface area contributed by atoms with Crippen LogP contribution in [-0.2, 0) is 0 Å². The SMILES string of the molecule is CCCCCCCOc1ccc(C(=O)c2cccnc2)cc1. The quantitative estimate of drug-likeness (QED) is 0.499. The first-order chi connectivity index (χ1) is 10.8. The molecule has 1 aromatic heterocycles. The molecule has 22 heavy (non-hydrogen) atoms. The predicted molar refractivity (Wildman–Crippen MR) is 88.4 cm³/mol. The van der Waals surface area contributed by atoms with Crippen molar-refractivity contribution in [3.63, 3.8) is 0 Å². The third-order valence-corrected chi connectivity index (χ3v) is 3.56. The first kappa shape index (κ1) is 16.2. The van der Waals surface area contributed by atoms with Crippen molar-refractivity contribution >= 4 is 5.78 Å². The highest BCUT2D eigenvalue weighted by Gasteiger charge is 2.08. The maximum absolute atomic E-state index is 12.2. The van der Waals surface area contributed by atoms with Gasteiger partial charge in [0.15, 0.2) is 5.78 Å². The second-order valence-corrected chi connectivity index (χ2v) is 5.36. The molecule has 2 rings (SSSR count). The fourth-order valence-corrected chi connectivity index (χ4v) is 2.26. The van der Waals surface area contributed by atoms with E-state index in [1.54, 1.807) is 24.5 Å². The van der Waals surface area contributed by atoms with Crippen LogP contribution in [0.4, 0.5) is 0 Å². The van der Waals surface area contributed by atoms with Gasteiger partial charge in [0.05, 0.1) is 6.61 Å². The Morgan fingerprint density at radius 2 is 1.77 bits per heavy atom. The molecular formula is C19H23NO2. The number of pyridine rings is 1. The molecule has 0 bridgehead atoms. The van der Waals surface area contributed by atoms with E-state index in [1.807, 2.05) is 24.3 Å². The second kappa shape index (κ2) is 8.98. The lowest BCUT2D eigenvalue weighted by molar-refractivity contribution is 0.103. The highest BCUT2D eigenvalue weighted by atomic mass is 16.5. The molecule has 0 saturated heterocycles. The molecule has 0 aliphatic rings. The van der Waals surface area contributed by atoms with Crippen LogP contribution in [0.5, 0.6) is 5.75 Å². The molecule has 0 spiro atoms. The van der Waals surface area contributed by atoms with Crippen molar-refractivity contribution in [1.29, 1.82) is 0 Å². The monoisotopic (exact) mass is 297 g/mol. The van der Waals surface area contributed by atoms with Gasteiger partial charge in [-0.25, -0.2) is 0 Å². The number of ether oxygens (including phenoxy) is 1. The lowest BCUT2D eigenvalue weighted by Crippen LogP contribution is -2.02. The van der Waals surface area contributed by atoms with E-state index in [-0.39, 0.29) is 5.78 Å². The fraction of sp³-hybridized carbons (Fsp3) is 0.368. The van der Waals surface area contributed by atoms with Crippen molar-refractivity contribution < 1.29 is 9.53 Å². The molecule has 0 aliphatic carbocycles. The summed E-state index contributed by atoms with van der Waals surface area (Å²) < 4.78 is 5.70. The molecule has 116 valence electrons. The van der Waals surface area contributed by atoms with E-state index in [0.29, 0.717) is 11.1 Å². The van der Waals surface area contributed by atoms with Crippen LogP contribution in [0.2, 0.25) is 0 Å². The topological polar surface area (TPSA) is 39.2 Å². The largest absolute Gasteiger partial charge is 0.494 e. The Hall–Kier alpha value is -2.16. The number of nitrogens with zero attached hydrogens (tertiary/aromatic N) is 1. The zero-order valence-corrected chi connectivity index (χ0v) is 13.1. The third-order valence-electron chi connectivity index (χ3n) is 3.56. The van der Waals surface area contributed by atoms with Gasteiger partial charge in [-0.3, -0.25) is 9.78 Å². The Balaban J connectivity index is 1.82. The minimum atomic E-state index is -0.0146. The Morgan fingerprint density at radius 1 is 1.00 bits per heavy atom. The molecule has 0 atom stereocenters. The summed E-state index contributed by atoms with van der Waals surface area (Å²) in [5, 5.41) is 0. The number of hydrogen-bond acceptors (Lipinski definition) is 3. The van der Waals surface area contributed by atoms with Crippen molar-refractivity contribution in [2.45, 2.75) is 39.0 Å². The van der Waals surface area contributed by atoms with E-state index in [0.717, 1.165) is 18.8 Å². The van der Waals surface area contributed by atoms with Gasteiger partial charge in [0.1, 0.15) is 5.75 Å². The molecule has 0 unspecified atom stereocenters. The number of benzene rings is 1. The Morgan fingerprint density at radius 3 is 2.45 bits per heavy atom. The summed E-state index contributed by atoms with van der Waals surface area (Å²) in [6, 6.07) is 10.9. The van der Waals surface area contributed by atoms with E-state index in [2.05, 4.69) is 11.9 Å². The number of rotatable bonds is 9. The van der Waals surface area contributed by atoms with Gasteiger partial charge in [0.25, 0.3) is 0 Å². The van der Waals surface area contributed by atoms with Crippen molar-refractivity contribution in [2.24, 2.45) is 0 Å². The van der Waals surface area contributed by atoms with Crippen LogP contribution in [0, 0.1) is 0 Å². The van der Waals surface area contributed by atoms with Crippen LogP contribution in [0.3, 0.4) is 0 Å². The average Bonchev–Trinajstić information content (AvgIpc) is 2.59. The van der Waals surface area contributed by atoms with Crippen LogP contribution in [0.1, 0.15) is 54.9 Å². The molecule has 0 aliphatic heterocycles. The smallest absolute Gasteiger partial charge is 0.194 e. The maximum atomic E-state index is 12.2. The van der Waals surface area contributed by atoms with Gasteiger partial charge in [-0.05, 0) is 42.8 Å². The molecule has 0 fully saturated rings. The van der Waals surface area contributed by atoms with Crippen molar-refractivity contribution in [3.8, 4) is 5.75 Å². The van der Waals surface area contributed by atoms with E-state index < -0.39 is 0 Å². The van der Waals surface area contributed by atoms with E-state index in [9.17, 15) is 4.79 Å². The predicted octanol–water partition coefficient (Wildman–Crippen LogP) is 4.66. The van der Waals surface area contributed by atoms with Gasteiger partial charge in [-0.2, -0.15) is 0 Å². The molecule has 0 amide bonds. The highest BCUT2D eigenvalue weighted by Crippen LogP contribution is 2.15. The summed E-state index contributed by atoms with van der Waals surface area (Å²) in [6.45, 7) is 2.95. The molecular weight excluding hydrogens is 274 g/mol. The molecule has 3 nitrogen and oxygen atoms in total. The number of carbonyl (C=O) groups excluding carboxylic acids is 1. The van der Waals surface area contributed by atoms with E-state index in [1.165, 1.54) is 25.7 Å². The molecule has 0 N–H and O–H groups in total. The minimum Gasteiger partial charge on any atom is -0.494 e. The van der Waals surface area contributed by atoms with Gasteiger partial charge >= 0.3 is 0 Å². The Bertz CT molecular complexity index is 564. The van der Waals surface area contributed by atoms with Crippen molar-refractivity contribution in [3.05, 3.63) is 59.9 Å². The summed E-state index contributed by atoms with van der Waals surface area (Å²) in [4.78, 5) is 16.2. The summed E-state index contributed by atoms with van der Waals surface area (Å²) in [5.74, 6) is 0.803. The minimum absolute atomic E-state index is 0.0146. The number of aromatic nitrogens is 1. The zero-order chi connectivity index (χ0) is 15.6. The lowest BCUT2D eigenvalue weighted by atomic mass is 10.1. The lowest BCUT2D eigenvalue weighted by Gasteiger charge is -2.07. The van der Waals surface area contributed by atoms with Gasteiger partial charge in [-0.1, -0.05) is 32.6 Å².